The van der Waals surface area contributed by atoms with Crippen LogP contribution in [-0.4, -0.2) is 31.5 Å². The molecule has 0 bridgehead atoms. The van der Waals surface area contributed by atoms with E-state index in [0.29, 0.717) is 11.3 Å². The van der Waals surface area contributed by atoms with Crippen molar-refractivity contribution in [3.05, 3.63) is 24.3 Å². The molecule has 0 unspecified atom stereocenters. The largest absolute Gasteiger partial charge is 0.502 e. The van der Waals surface area contributed by atoms with E-state index >= 15 is 0 Å². The average molecular weight is 313 g/mol. The van der Waals surface area contributed by atoms with Crippen molar-refractivity contribution in [3.63, 3.8) is 0 Å². The molecule has 0 aliphatic heterocycles. The van der Waals surface area contributed by atoms with E-state index in [1.807, 2.05) is 0 Å². The van der Waals surface area contributed by atoms with Crippen LogP contribution in [-0.2, 0) is 10.0 Å². The van der Waals surface area contributed by atoms with E-state index < -0.39 is 27.4 Å². The van der Waals surface area contributed by atoms with Crippen LogP contribution in [0.3, 0.4) is 0 Å². The quantitative estimate of drug-likeness (QED) is 0.780. The normalized spacial score (nSPS) is 11.3. The van der Waals surface area contributed by atoms with Gasteiger partial charge in [-0.2, -0.15) is 0 Å². The number of furan rings is 1. The minimum Gasteiger partial charge on any atom is -0.502 e. The van der Waals surface area contributed by atoms with Crippen LogP contribution in [0.2, 0.25) is 0 Å². The van der Waals surface area contributed by atoms with Gasteiger partial charge in [-0.3, -0.25) is 0 Å². The van der Waals surface area contributed by atoms with Gasteiger partial charge in [0.25, 0.3) is 5.88 Å². The number of para-hydroxylation sites is 1. The van der Waals surface area contributed by atoms with Gasteiger partial charge < -0.3 is 19.4 Å². The van der Waals surface area contributed by atoms with E-state index in [1.54, 1.807) is 24.3 Å². The highest BCUT2D eigenvalue weighted by Crippen LogP contribution is 2.47. The molecular formula is C13H15NO6S. The van der Waals surface area contributed by atoms with Crippen molar-refractivity contribution in [2.75, 3.05) is 17.6 Å². The van der Waals surface area contributed by atoms with Crippen LogP contribution in [0, 0.1) is 0 Å². The second-order valence-electron chi connectivity index (χ2n) is 4.16. The Morgan fingerprint density at radius 3 is 2.52 bits per heavy atom. The van der Waals surface area contributed by atoms with Gasteiger partial charge in [0.15, 0.2) is 5.76 Å². The van der Waals surface area contributed by atoms with Crippen molar-refractivity contribution in [1.29, 1.82) is 0 Å². The first kappa shape index (κ1) is 15.0. The molecular weight excluding hydrogens is 298 g/mol. The summed E-state index contributed by atoms with van der Waals surface area (Å²) in [5, 5.41) is 19.7. The summed E-state index contributed by atoms with van der Waals surface area (Å²) in [7, 11) is -2.20. The lowest BCUT2D eigenvalue weighted by atomic mass is 10.1. The predicted octanol–water partition coefficient (Wildman–Crippen LogP) is 2.13. The van der Waals surface area contributed by atoms with Gasteiger partial charge in [-0.05, 0) is 19.1 Å². The molecule has 1 aromatic carbocycles. The number of methoxy groups -OCH3 is 1. The number of benzene rings is 1. The monoisotopic (exact) mass is 313 g/mol. The minimum absolute atomic E-state index is 0.0845. The van der Waals surface area contributed by atoms with Crippen molar-refractivity contribution in [2.45, 2.75) is 6.92 Å². The van der Waals surface area contributed by atoms with Crippen LogP contribution in [0.4, 0.5) is 5.88 Å². The third kappa shape index (κ3) is 2.89. The summed E-state index contributed by atoms with van der Waals surface area (Å²) < 4.78 is 35.5. The molecule has 0 amide bonds. The van der Waals surface area contributed by atoms with Gasteiger partial charge in [0, 0.05) is 0 Å². The van der Waals surface area contributed by atoms with Crippen LogP contribution in [0.15, 0.2) is 28.7 Å². The van der Waals surface area contributed by atoms with Gasteiger partial charge in [0.05, 0.1) is 18.4 Å². The van der Waals surface area contributed by atoms with Gasteiger partial charge >= 0.3 is 0 Å². The maximum atomic E-state index is 11.5. The van der Waals surface area contributed by atoms with E-state index in [2.05, 4.69) is 4.72 Å². The Morgan fingerprint density at radius 2 is 1.90 bits per heavy atom. The first-order valence-corrected chi connectivity index (χ1v) is 7.73. The van der Waals surface area contributed by atoms with E-state index in [-0.39, 0.29) is 11.5 Å². The van der Waals surface area contributed by atoms with E-state index in [0.717, 1.165) is 0 Å². The molecule has 0 atom stereocenters. The maximum Gasteiger partial charge on any atom is 0.253 e. The molecule has 0 aliphatic carbocycles. The van der Waals surface area contributed by atoms with Crippen LogP contribution >= 0.6 is 0 Å². The number of anilines is 1. The van der Waals surface area contributed by atoms with E-state index in [1.165, 1.54) is 14.0 Å². The van der Waals surface area contributed by atoms with Crippen molar-refractivity contribution < 1.29 is 27.8 Å². The molecule has 21 heavy (non-hydrogen) atoms. The summed E-state index contributed by atoms with van der Waals surface area (Å²) in [5.41, 5.74) is 0.384. The fraction of sp³-hybridized carbons (Fsp3) is 0.231. The summed E-state index contributed by atoms with van der Waals surface area (Å²) in [5.74, 6) is -1.54. The average Bonchev–Trinajstić information content (AvgIpc) is 2.75. The Kier molecular flexibility index (Phi) is 3.99. The lowest BCUT2D eigenvalue weighted by molar-refractivity contribution is 0.407. The molecule has 114 valence electrons. The molecule has 0 aliphatic rings. The number of hydrogen-bond acceptors (Lipinski definition) is 6. The molecule has 0 saturated heterocycles. The highest BCUT2D eigenvalue weighted by atomic mass is 32.2. The van der Waals surface area contributed by atoms with Gasteiger partial charge in [0.2, 0.25) is 21.5 Å². The Balaban J connectivity index is 2.52. The van der Waals surface area contributed by atoms with Gasteiger partial charge in [-0.25, -0.2) is 13.1 Å². The fourth-order valence-corrected chi connectivity index (χ4v) is 2.28. The number of rotatable bonds is 5. The molecule has 0 spiro atoms. The Bertz CT molecular complexity index is 750. The SMILES string of the molecule is CCS(=O)(=O)Nc1oc(-c2ccccc2OC)c(O)c1O. The summed E-state index contributed by atoms with van der Waals surface area (Å²) in [6.45, 7) is 1.43. The van der Waals surface area contributed by atoms with Crippen molar-refractivity contribution in [2.24, 2.45) is 0 Å². The third-order valence-corrected chi connectivity index (χ3v) is 4.09. The molecule has 0 saturated carbocycles. The minimum atomic E-state index is -3.64. The predicted molar refractivity (Wildman–Crippen MR) is 77.1 cm³/mol. The van der Waals surface area contributed by atoms with Gasteiger partial charge in [0.1, 0.15) is 5.75 Å². The summed E-state index contributed by atoms with van der Waals surface area (Å²) in [6, 6.07) is 6.66. The summed E-state index contributed by atoms with van der Waals surface area (Å²) in [6.07, 6.45) is 0. The van der Waals surface area contributed by atoms with Gasteiger partial charge in [-0.1, -0.05) is 12.1 Å². The second-order valence-corrected chi connectivity index (χ2v) is 6.17. The summed E-state index contributed by atoms with van der Waals surface area (Å²) in [4.78, 5) is 0. The zero-order valence-corrected chi connectivity index (χ0v) is 12.3. The highest BCUT2D eigenvalue weighted by molar-refractivity contribution is 7.92. The molecule has 2 rings (SSSR count). The third-order valence-electron chi connectivity index (χ3n) is 2.84. The Morgan fingerprint density at radius 1 is 1.24 bits per heavy atom. The molecule has 0 fully saturated rings. The number of sulfonamides is 1. The van der Waals surface area contributed by atoms with Crippen LogP contribution < -0.4 is 9.46 Å². The van der Waals surface area contributed by atoms with E-state index in [9.17, 15) is 18.6 Å². The van der Waals surface area contributed by atoms with Gasteiger partial charge in [-0.15, -0.1) is 0 Å². The van der Waals surface area contributed by atoms with Crippen molar-refractivity contribution in [1.82, 2.24) is 0 Å². The Labute approximate surface area is 121 Å². The Hall–Kier alpha value is -2.35. The topological polar surface area (TPSA) is 109 Å². The first-order chi connectivity index (χ1) is 9.89. The lowest BCUT2D eigenvalue weighted by Gasteiger charge is -2.05. The van der Waals surface area contributed by atoms with Crippen molar-refractivity contribution >= 4 is 15.9 Å². The van der Waals surface area contributed by atoms with E-state index in [4.69, 9.17) is 9.15 Å². The lowest BCUT2D eigenvalue weighted by Crippen LogP contribution is -2.14. The maximum absolute atomic E-state index is 11.5. The van der Waals surface area contributed by atoms with Crippen LogP contribution in [0.1, 0.15) is 6.92 Å². The van der Waals surface area contributed by atoms with Crippen LogP contribution in [0.5, 0.6) is 17.2 Å². The zero-order chi connectivity index (χ0) is 15.6. The number of nitrogens with one attached hydrogen (secondary N) is 1. The fourth-order valence-electron chi connectivity index (χ4n) is 1.71. The first-order valence-electron chi connectivity index (χ1n) is 6.08. The molecule has 2 aromatic rings. The number of hydrogen-bond donors (Lipinski definition) is 3. The molecule has 0 radical (unpaired) electrons. The highest BCUT2D eigenvalue weighted by Gasteiger charge is 2.25. The molecule has 7 nitrogen and oxygen atoms in total. The molecule has 1 heterocycles. The standard InChI is InChI=1S/C13H15NO6S/c1-3-21(17,18)14-13-11(16)10(15)12(20-13)8-6-4-5-7-9(8)19-2/h4-7,14-16H,3H2,1-2H3. The molecule has 8 heteroatoms. The number of aromatic hydroxyl groups is 2. The van der Waals surface area contributed by atoms with Crippen LogP contribution in [0.25, 0.3) is 11.3 Å². The molecule has 1 aromatic heterocycles. The zero-order valence-electron chi connectivity index (χ0n) is 11.5. The smallest absolute Gasteiger partial charge is 0.253 e. The number of ether oxygens (including phenoxy) is 1. The van der Waals surface area contributed by atoms with Crippen molar-refractivity contribution in [3.8, 4) is 28.6 Å². The second kappa shape index (κ2) is 5.57. The molecule has 3 N–H and O–H groups in total. The summed E-state index contributed by atoms with van der Waals surface area (Å²) >= 11 is 0.